The van der Waals surface area contributed by atoms with Gasteiger partial charge in [0.05, 0.1) is 18.0 Å². The number of rotatable bonds is 4. The second-order valence-electron chi connectivity index (χ2n) is 7.13. The van der Waals surface area contributed by atoms with Gasteiger partial charge in [0.1, 0.15) is 0 Å². The number of amides is 3. The van der Waals surface area contributed by atoms with Crippen LogP contribution in [0.15, 0.2) is 0 Å². The summed E-state index contributed by atoms with van der Waals surface area (Å²) in [5, 5.41) is 14.8. The van der Waals surface area contributed by atoms with Crippen LogP contribution in [0.1, 0.15) is 40.5 Å². The van der Waals surface area contributed by atoms with Gasteiger partial charge in [-0.15, -0.1) is 0 Å². The monoisotopic (exact) mass is 313 g/mol. The molecular weight excluding hydrogens is 286 g/mol. The standard InChI is InChI=1S/C15H27N3O4/c1-9(13(20)21)8-18(5)14(22)16-10-6-7-11(19)17-12(10)15(2,3)4/h9-10,12H,6-8H2,1-5H3,(H,16,22)(H,17,19)(H,20,21)/t9?,10-,12-/m1/s1. The number of hydrogen-bond acceptors (Lipinski definition) is 3. The molecule has 7 heteroatoms. The summed E-state index contributed by atoms with van der Waals surface area (Å²) in [6, 6.07) is -0.626. The van der Waals surface area contributed by atoms with Crippen LogP contribution in [0.25, 0.3) is 0 Å². The van der Waals surface area contributed by atoms with Crippen molar-refractivity contribution in [3.05, 3.63) is 0 Å². The van der Waals surface area contributed by atoms with E-state index in [2.05, 4.69) is 10.6 Å². The van der Waals surface area contributed by atoms with Crippen LogP contribution in [0.2, 0.25) is 0 Å². The second kappa shape index (κ2) is 6.98. The van der Waals surface area contributed by atoms with Crippen molar-refractivity contribution in [3.8, 4) is 0 Å². The Kier molecular flexibility index (Phi) is 5.79. The van der Waals surface area contributed by atoms with E-state index in [9.17, 15) is 14.4 Å². The van der Waals surface area contributed by atoms with Gasteiger partial charge in [0.15, 0.2) is 0 Å². The normalized spacial score (nSPS) is 23.4. The molecule has 1 fully saturated rings. The smallest absolute Gasteiger partial charge is 0.317 e. The van der Waals surface area contributed by atoms with Crippen LogP contribution in [-0.4, -0.2) is 53.6 Å². The van der Waals surface area contributed by atoms with Gasteiger partial charge in [-0.2, -0.15) is 0 Å². The molecule has 0 saturated carbocycles. The fourth-order valence-corrected chi connectivity index (χ4v) is 2.62. The van der Waals surface area contributed by atoms with E-state index >= 15 is 0 Å². The van der Waals surface area contributed by atoms with Gasteiger partial charge in [-0.3, -0.25) is 9.59 Å². The van der Waals surface area contributed by atoms with Gasteiger partial charge in [0, 0.05) is 20.0 Å². The van der Waals surface area contributed by atoms with Gasteiger partial charge in [-0.05, 0) is 11.8 Å². The van der Waals surface area contributed by atoms with Gasteiger partial charge in [-0.1, -0.05) is 27.7 Å². The molecule has 1 aliphatic rings. The maximum absolute atomic E-state index is 12.2. The number of carbonyl (C=O) groups is 3. The predicted molar refractivity (Wildman–Crippen MR) is 82.4 cm³/mol. The molecule has 1 saturated heterocycles. The molecule has 0 bridgehead atoms. The molecule has 126 valence electrons. The zero-order valence-electron chi connectivity index (χ0n) is 14.0. The maximum atomic E-state index is 12.2. The van der Waals surface area contributed by atoms with Crippen LogP contribution in [0, 0.1) is 11.3 Å². The Morgan fingerprint density at radius 1 is 1.45 bits per heavy atom. The van der Waals surface area contributed by atoms with E-state index in [1.807, 2.05) is 20.8 Å². The van der Waals surface area contributed by atoms with Gasteiger partial charge in [-0.25, -0.2) is 4.79 Å². The number of piperidine rings is 1. The third-order valence-electron chi connectivity index (χ3n) is 3.96. The molecule has 0 spiro atoms. The van der Waals surface area contributed by atoms with Crippen molar-refractivity contribution in [2.45, 2.75) is 52.6 Å². The first-order valence-corrected chi connectivity index (χ1v) is 7.56. The van der Waals surface area contributed by atoms with E-state index in [1.165, 1.54) is 4.90 Å². The van der Waals surface area contributed by atoms with Crippen molar-refractivity contribution in [1.82, 2.24) is 15.5 Å². The lowest BCUT2D eigenvalue weighted by Gasteiger charge is -2.41. The molecule has 0 radical (unpaired) electrons. The van der Waals surface area contributed by atoms with Gasteiger partial charge >= 0.3 is 12.0 Å². The summed E-state index contributed by atoms with van der Waals surface area (Å²) in [6.45, 7) is 7.74. The number of nitrogens with one attached hydrogen (secondary N) is 2. The van der Waals surface area contributed by atoms with Crippen molar-refractivity contribution in [3.63, 3.8) is 0 Å². The lowest BCUT2D eigenvalue weighted by Crippen LogP contribution is -2.61. The summed E-state index contributed by atoms with van der Waals surface area (Å²) in [5.74, 6) is -1.56. The first-order chi connectivity index (χ1) is 10.0. The van der Waals surface area contributed by atoms with E-state index in [0.29, 0.717) is 12.8 Å². The topological polar surface area (TPSA) is 98.7 Å². The van der Waals surface area contributed by atoms with E-state index in [4.69, 9.17) is 5.11 Å². The zero-order valence-corrected chi connectivity index (χ0v) is 14.0. The van der Waals surface area contributed by atoms with Crippen LogP contribution in [0.4, 0.5) is 4.79 Å². The maximum Gasteiger partial charge on any atom is 0.317 e. The summed E-state index contributed by atoms with van der Waals surface area (Å²) >= 11 is 0. The summed E-state index contributed by atoms with van der Waals surface area (Å²) in [4.78, 5) is 36.1. The van der Waals surface area contributed by atoms with Crippen LogP contribution < -0.4 is 10.6 Å². The molecule has 0 aromatic carbocycles. The predicted octanol–water partition coefficient (Wildman–Crippen LogP) is 1.04. The van der Waals surface area contributed by atoms with Crippen LogP contribution in [-0.2, 0) is 9.59 Å². The number of nitrogens with zero attached hydrogens (tertiary/aromatic N) is 1. The molecule has 0 aromatic rings. The van der Waals surface area contributed by atoms with E-state index in [0.717, 1.165) is 0 Å². The van der Waals surface area contributed by atoms with E-state index in [-0.39, 0.29) is 36.0 Å². The Bertz CT molecular complexity index is 445. The van der Waals surface area contributed by atoms with Gasteiger partial charge < -0.3 is 20.6 Å². The average Bonchev–Trinajstić information content (AvgIpc) is 2.39. The number of carbonyl (C=O) groups excluding carboxylic acids is 2. The fourth-order valence-electron chi connectivity index (χ4n) is 2.62. The quantitative estimate of drug-likeness (QED) is 0.722. The third kappa shape index (κ3) is 4.89. The highest BCUT2D eigenvalue weighted by Gasteiger charge is 2.38. The minimum absolute atomic E-state index is 0.00159. The first kappa shape index (κ1) is 18.3. The highest BCUT2D eigenvalue weighted by molar-refractivity contribution is 5.79. The molecule has 22 heavy (non-hydrogen) atoms. The lowest BCUT2D eigenvalue weighted by atomic mass is 9.79. The molecule has 3 atom stereocenters. The van der Waals surface area contributed by atoms with E-state index in [1.54, 1.807) is 14.0 Å². The molecule has 7 nitrogen and oxygen atoms in total. The fraction of sp³-hybridized carbons (Fsp3) is 0.800. The summed E-state index contributed by atoms with van der Waals surface area (Å²) in [5.41, 5.74) is -0.180. The number of carboxylic acid groups (broad SMARTS) is 1. The Morgan fingerprint density at radius 3 is 2.55 bits per heavy atom. The van der Waals surface area contributed by atoms with Gasteiger partial charge in [0.25, 0.3) is 0 Å². The van der Waals surface area contributed by atoms with Crippen molar-refractivity contribution in [2.75, 3.05) is 13.6 Å². The van der Waals surface area contributed by atoms with Crippen LogP contribution >= 0.6 is 0 Å². The van der Waals surface area contributed by atoms with E-state index < -0.39 is 11.9 Å². The number of hydrogen-bond donors (Lipinski definition) is 3. The summed E-state index contributed by atoms with van der Waals surface area (Å²) in [7, 11) is 1.57. The molecule has 1 aliphatic heterocycles. The first-order valence-electron chi connectivity index (χ1n) is 7.56. The SMILES string of the molecule is CC(CN(C)C(=O)N[C@@H]1CCC(=O)N[C@H]1C(C)(C)C)C(=O)O. The Balaban J connectivity index is 2.68. The largest absolute Gasteiger partial charge is 0.481 e. The van der Waals surface area contributed by atoms with Crippen molar-refractivity contribution in [1.29, 1.82) is 0 Å². The average molecular weight is 313 g/mol. The van der Waals surface area contributed by atoms with Crippen molar-refractivity contribution < 1.29 is 19.5 Å². The minimum Gasteiger partial charge on any atom is -0.481 e. The molecular formula is C15H27N3O4. The second-order valence-corrected chi connectivity index (χ2v) is 7.13. The summed E-state index contributed by atoms with van der Waals surface area (Å²) < 4.78 is 0. The third-order valence-corrected chi connectivity index (χ3v) is 3.96. The minimum atomic E-state index is -0.933. The van der Waals surface area contributed by atoms with Crippen LogP contribution in [0.3, 0.4) is 0 Å². The van der Waals surface area contributed by atoms with Crippen LogP contribution in [0.5, 0.6) is 0 Å². The zero-order chi connectivity index (χ0) is 17.1. The Morgan fingerprint density at radius 2 is 2.05 bits per heavy atom. The summed E-state index contributed by atoms with van der Waals surface area (Å²) in [6.07, 6.45) is 0.967. The molecule has 3 amide bonds. The number of aliphatic carboxylic acids is 1. The highest BCUT2D eigenvalue weighted by atomic mass is 16.4. The molecule has 1 unspecified atom stereocenters. The molecule has 0 aromatic heterocycles. The number of carboxylic acids is 1. The number of urea groups is 1. The van der Waals surface area contributed by atoms with Gasteiger partial charge in [0.2, 0.25) is 5.91 Å². The molecule has 3 N–H and O–H groups in total. The van der Waals surface area contributed by atoms with Crippen molar-refractivity contribution >= 4 is 17.9 Å². The Hall–Kier alpha value is -1.79. The molecule has 1 rings (SSSR count). The van der Waals surface area contributed by atoms with Crippen molar-refractivity contribution in [2.24, 2.45) is 11.3 Å². The molecule has 0 aliphatic carbocycles. The highest BCUT2D eigenvalue weighted by Crippen LogP contribution is 2.26. The molecule has 1 heterocycles. The Labute approximate surface area is 131 Å². The lowest BCUT2D eigenvalue weighted by molar-refractivity contribution is -0.141.